The van der Waals surface area contributed by atoms with E-state index in [4.69, 9.17) is 4.74 Å². The highest BCUT2D eigenvalue weighted by Gasteiger charge is 2.21. The Kier molecular flexibility index (Phi) is 11.2. The fourth-order valence-electron chi connectivity index (χ4n) is 2.53. The van der Waals surface area contributed by atoms with Gasteiger partial charge >= 0.3 is 6.09 Å². The molecule has 22 heavy (non-hydrogen) atoms. The predicted octanol–water partition coefficient (Wildman–Crippen LogP) is 4.01. The first kappa shape index (κ1) is 20.0. The molecule has 130 valence electrons. The van der Waals surface area contributed by atoms with Crippen molar-refractivity contribution in [1.82, 2.24) is 10.2 Å². The second-order valence-corrected chi connectivity index (χ2v) is 8.68. The molecule has 0 aromatic carbocycles. The van der Waals surface area contributed by atoms with Crippen molar-refractivity contribution in [2.75, 3.05) is 38.2 Å². The average molecular weight is 349 g/mol. The van der Waals surface area contributed by atoms with Crippen LogP contribution in [0, 0.1) is 5.92 Å². The van der Waals surface area contributed by atoms with Crippen molar-refractivity contribution < 1.29 is 9.53 Å². The number of likely N-dealkylation sites (N-methyl/N-ethyl adjacent to an activating group) is 1. The molecule has 2 unspecified atom stereocenters. The Morgan fingerprint density at radius 3 is 2.86 bits per heavy atom. The molecule has 1 saturated heterocycles. The molecule has 1 heterocycles. The number of hydrogen-bond acceptors (Lipinski definition) is 5. The zero-order valence-corrected chi connectivity index (χ0v) is 15.9. The van der Waals surface area contributed by atoms with Gasteiger partial charge in [0.15, 0.2) is 0 Å². The number of alkyl carbamates (subject to hydrolysis) is 1. The van der Waals surface area contributed by atoms with Gasteiger partial charge in [-0.2, -0.15) is 0 Å². The Balaban J connectivity index is 1.95. The van der Waals surface area contributed by atoms with Crippen LogP contribution in [0.2, 0.25) is 0 Å². The summed E-state index contributed by atoms with van der Waals surface area (Å²) in [6, 6.07) is 0.253. The van der Waals surface area contributed by atoms with Crippen molar-refractivity contribution >= 4 is 27.7 Å². The number of nitrogens with zero attached hydrogens (tertiary/aromatic N) is 1. The number of carbonyl (C=O) groups is 1. The lowest BCUT2D eigenvalue weighted by molar-refractivity contribution is 0.149. The van der Waals surface area contributed by atoms with Crippen LogP contribution in [-0.2, 0) is 4.74 Å². The molecule has 0 spiro atoms. The summed E-state index contributed by atoms with van der Waals surface area (Å²) in [7, 11) is 5.81. The molecule has 1 aliphatic heterocycles. The largest absolute Gasteiger partial charge is 0.449 e. The van der Waals surface area contributed by atoms with Crippen LogP contribution in [-0.4, -0.2) is 55.3 Å². The molecule has 0 aliphatic carbocycles. The van der Waals surface area contributed by atoms with Gasteiger partial charge in [-0.05, 0) is 32.4 Å². The lowest BCUT2D eigenvalue weighted by Gasteiger charge is -2.14. The van der Waals surface area contributed by atoms with E-state index >= 15 is 0 Å². The van der Waals surface area contributed by atoms with Gasteiger partial charge in [0.2, 0.25) is 0 Å². The van der Waals surface area contributed by atoms with Gasteiger partial charge in [0.05, 0.1) is 0 Å². The number of likely N-dealkylation sites (tertiary alicyclic amines) is 1. The zero-order chi connectivity index (χ0) is 16.2. The third-order valence-electron chi connectivity index (χ3n) is 4.04. The second kappa shape index (κ2) is 12.4. The molecule has 1 amide bonds. The summed E-state index contributed by atoms with van der Waals surface area (Å²) in [5.41, 5.74) is 0. The molecular formula is C16H32N2O2S2. The van der Waals surface area contributed by atoms with Crippen molar-refractivity contribution in [2.24, 2.45) is 5.92 Å². The monoisotopic (exact) mass is 348 g/mol. The lowest BCUT2D eigenvalue weighted by atomic mass is 10.0. The van der Waals surface area contributed by atoms with E-state index in [2.05, 4.69) is 31.1 Å². The predicted molar refractivity (Wildman–Crippen MR) is 98.6 cm³/mol. The number of rotatable bonds is 11. The van der Waals surface area contributed by atoms with Crippen LogP contribution in [0.1, 0.15) is 46.0 Å². The van der Waals surface area contributed by atoms with Crippen molar-refractivity contribution in [2.45, 2.75) is 52.0 Å². The molecule has 0 aromatic rings. The normalized spacial score (nSPS) is 20.0. The lowest BCUT2D eigenvalue weighted by Crippen LogP contribution is -2.37. The standard InChI is InChI=1S/C16H32N2O2S2/c1-4-6-7-14(5-2)13-22-21-11-10-20-16(19)17-15-8-9-18(3)12-15/h14-15H,4-13H2,1-3H3,(H,17,19). The van der Waals surface area contributed by atoms with Gasteiger partial charge in [0, 0.05) is 24.1 Å². The topological polar surface area (TPSA) is 41.6 Å². The van der Waals surface area contributed by atoms with E-state index in [1.165, 1.54) is 31.4 Å². The van der Waals surface area contributed by atoms with Gasteiger partial charge in [-0.3, -0.25) is 0 Å². The van der Waals surface area contributed by atoms with Gasteiger partial charge < -0.3 is 15.0 Å². The molecule has 6 heteroatoms. The summed E-state index contributed by atoms with van der Waals surface area (Å²) < 4.78 is 5.23. The van der Waals surface area contributed by atoms with E-state index in [9.17, 15) is 4.79 Å². The fraction of sp³-hybridized carbons (Fsp3) is 0.938. The van der Waals surface area contributed by atoms with Crippen molar-refractivity contribution in [3.05, 3.63) is 0 Å². The minimum Gasteiger partial charge on any atom is -0.449 e. The highest BCUT2D eigenvalue weighted by Crippen LogP contribution is 2.27. The van der Waals surface area contributed by atoms with Crippen LogP contribution < -0.4 is 5.32 Å². The Bertz CT molecular complexity index is 306. The second-order valence-electron chi connectivity index (χ2n) is 6.05. The van der Waals surface area contributed by atoms with Crippen LogP contribution >= 0.6 is 21.6 Å². The molecule has 1 N–H and O–H groups in total. The molecule has 2 atom stereocenters. The molecule has 1 aliphatic rings. The molecule has 0 aromatic heterocycles. The maximum absolute atomic E-state index is 11.6. The van der Waals surface area contributed by atoms with E-state index in [1.807, 2.05) is 21.6 Å². The van der Waals surface area contributed by atoms with Crippen molar-refractivity contribution in [3.8, 4) is 0 Å². The Hall–Kier alpha value is -0.0700. The summed E-state index contributed by atoms with van der Waals surface area (Å²) in [4.78, 5) is 13.9. The van der Waals surface area contributed by atoms with E-state index in [0.717, 1.165) is 31.2 Å². The summed E-state index contributed by atoms with van der Waals surface area (Å²) >= 11 is 0. The Morgan fingerprint density at radius 2 is 2.23 bits per heavy atom. The zero-order valence-electron chi connectivity index (χ0n) is 14.3. The molecule has 1 rings (SSSR count). The summed E-state index contributed by atoms with van der Waals surface area (Å²) in [6.45, 7) is 7.00. The van der Waals surface area contributed by atoms with Gasteiger partial charge in [0.1, 0.15) is 6.61 Å². The molecular weight excluding hydrogens is 316 g/mol. The van der Waals surface area contributed by atoms with Gasteiger partial charge in [-0.15, -0.1) is 0 Å². The first-order valence-corrected chi connectivity index (χ1v) is 11.0. The summed E-state index contributed by atoms with van der Waals surface area (Å²) in [5, 5.41) is 2.93. The van der Waals surface area contributed by atoms with Crippen LogP contribution in [0.15, 0.2) is 0 Å². The summed E-state index contributed by atoms with van der Waals surface area (Å²) in [6.07, 6.45) is 5.99. The highest BCUT2D eigenvalue weighted by atomic mass is 33.1. The third-order valence-corrected chi connectivity index (χ3v) is 6.56. The van der Waals surface area contributed by atoms with E-state index in [-0.39, 0.29) is 12.1 Å². The van der Waals surface area contributed by atoms with Crippen LogP contribution in [0.25, 0.3) is 0 Å². The third kappa shape index (κ3) is 9.16. The number of ether oxygens (including phenoxy) is 1. The first-order chi connectivity index (χ1) is 10.7. The van der Waals surface area contributed by atoms with E-state index in [1.54, 1.807) is 0 Å². The van der Waals surface area contributed by atoms with Gasteiger partial charge in [0.25, 0.3) is 0 Å². The minimum atomic E-state index is -0.264. The molecule has 4 nitrogen and oxygen atoms in total. The Labute approximate surface area is 143 Å². The number of nitrogens with one attached hydrogen (secondary N) is 1. The average Bonchev–Trinajstić information content (AvgIpc) is 2.90. The van der Waals surface area contributed by atoms with E-state index in [0.29, 0.717) is 6.61 Å². The minimum absolute atomic E-state index is 0.253. The maximum Gasteiger partial charge on any atom is 0.407 e. The van der Waals surface area contributed by atoms with Crippen LogP contribution in [0.4, 0.5) is 4.79 Å². The highest BCUT2D eigenvalue weighted by molar-refractivity contribution is 8.76. The van der Waals surface area contributed by atoms with Gasteiger partial charge in [-0.1, -0.05) is 54.7 Å². The number of carbonyl (C=O) groups excluding carboxylic acids is 1. The molecule has 0 bridgehead atoms. The smallest absolute Gasteiger partial charge is 0.407 e. The van der Waals surface area contributed by atoms with Crippen LogP contribution in [0.3, 0.4) is 0 Å². The maximum atomic E-state index is 11.6. The van der Waals surface area contributed by atoms with E-state index < -0.39 is 0 Å². The first-order valence-electron chi connectivity index (χ1n) is 8.51. The number of amides is 1. The molecule has 0 saturated carbocycles. The molecule has 0 radical (unpaired) electrons. The van der Waals surface area contributed by atoms with Crippen molar-refractivity contribution in [3.63, 3.8) is 0 Å². The SMILES string of the molecule is CCCCC(CC)CSSCCOC(=O)NC1CCN(C)C1. The van der Waals surface area contributed by atoms with Crippen LogP contribution in [0.5, 0.6) is 0 Å². The molecule has 1 fully saturated rings. The Morgan fingerprint density at radius 1 is 1.41 bits per heavy atom. The quantitative estimate of drug-likeness (QED) is 0.451. The number of unbranched alkanes of at least 4 members (excludes halogenated alkanes) is 1. The van der Waals surface area contributed by atoms with Crippen molar-refractivity contribution in [1.29, 1.82) is 0 Å². The summed E-state index contributed by atoms with van der Waals surface area (Å²) in [5.74, 6) is 2.91. The van der Waals surface area contributed by atoms with Gasteiger partial charge in [-0.25, -0.2) is 4.79 Å². The number of hydrogen-bond donors (Lipinski definition) is 1. The fourth-order valence-corrected chi connectivity index (χ4v) is 4.91.